The van der Waals surface area contributed by atoms with Crippen molar-refractivity contribution in [1.82, 2.24) is 10.4 Å². The number of nitrogens with one attached hydrogen (secondary N) is 1. The Morgan fingerprint density at radius 3 is 2.70 bits per heavy atom. The third-order valence-electron chi connectivity index (χ3n) is 3.19. The monoisotopic (exact) mass is 335 g/mol. The van der Waals surface area contributed by atoms with Gasteiger partial charge in [0, 0.05) is 11.9 Å². The summed E-state index contributed by atoms with van der Waals surface area (Å²) in [6, 6.07) is 10.1. The average Bonchev–Trinajstić information content (AvgIpc) is 2.46. The molecule has 3 N–H and O–H groups in total. The molecule has 0 aliphatic rings. The second-order valence-electron chi connectivity index (χ2n) is 4.63. The van der Waals surface area contributed by atoms with Gasteiger partial charge < -0.3 is 4.74 Å². The highest BCUT2D eigenvalue weighted by molar-refractivity contribution is 9.10. The molecular weight excluding hydrogens is 318 g/mol. The van der Waals surface area contributed by atoms with Crippen LogP contribution >= 0.6 is 15.9 Å². The summed E-state index contributed by atoms with van der Waals surface area (Å²) in [6.45, 7) is 1.97. The molecule has 5 heteroatoms. The lowest BCUT2D eigenvalue weighted by atomic mass is 10.0. The number of nitrogens with two attached hydrogens (primary N) is 1. The number of aryl methyl sites for hydroxylation is 1. The van der Waals surface area contributed by atoms with Crippen LogP contribution in [0.3, 0.4) is 0 Å². The highest BCUT2D eigenvalue weighted by Crippen LogP contribution is 2.27. The quantitative estimate of drug-likeness (QED) is 0.651. The number of hydrazine groups is 1. The van der Waals surface area contributed by atoms with Crippen molar-refractivity contribution in [2.45, 2.75) is 19.4 Å². The van der Waals surface area contributed by atoms with Crippen LogP contribution in [0.2, 0.25) is 0 Å². The number of halogens is 1. The maximum absolute atomic E-state index is 5.67. The predicted molar refractivity (Wildman–Crippen MR) is 83.4 cm³/mol. The van der Waals surface area contributed by atoms with Crippen LogP contribution in [0.4, 0.5) is 0 Å². The van der Waals surface area contributed by atoms with Gasteiger partial charge in [0.1, 0.15) is 5.75 Å². The Labute approximate surface area is 127 Å². The van der Waals surface area contributed by atoms with Gasteiger partial charge in [-0.05, 0) is 58.6 Å². The number of nitrogens with zero attached hydrogens (tertiary/aromatic N) is 1. The van der Waals surface area contributed by atoms with Crippen molar-refractivity contribution >= 4 is 15.9 Å². The SMILES string of the molecule is COc1ccc(CC(NN)c2ccc(C)nc2)cc1Br. The van der Waals surface area contributed by atoms with Crippen LogP contribution in [0.1, 0.15) is 22.9 Å². The van der Waals surface area contributed by atoms with E-state index in [0.29, 0.717) is 0 Å². The number of rotatable bonds is 5. The van der Waals surface area contributed by atoms with Crippen LogP contribution in [-0.2, 0) is 6.42 Å². The topological polar surface area (TPSA) is 60.2 Å². The molecule has 0 spiro atoms. The van der Waals surface area contributed by atoms with Gasteiger partial charge in [0.15, 0.2) is 0 Å². The molecule has 0 amide bonds. The summed E-state index contributed by atoms with van der Waals surface area (Å²) in [4.78, 5) is 4.31. The lowest BCUT2D eigenvalue weighted by Crippen LogP contribution is -2.29. The fourth-order valence-electron chi connectivity index (χ4n) is 2.03. The van der Waals surface area contributed by atoms with Crippen molar-refractivity contribution in [2.24, 2.45) is 5.84 Å². The van der Waals surface area contributed by atoms with Gasteiger partial charge >= 0.3 is 0 Å². The van der Waals surface area contributed by atoms with Crippen molar-refractivity contribution in [3.8, 4) is 5.75 Å². The molecule has 0 aliphatic heterocycles. The zero-order chi connectivity index (χ0) is 14.5. The Kier molecular flexibility index (Phi) is 5.11. The number of pyridine rings is 1. The van der Waals surface area contributed by atoms with Gasteiger partial charge in [-0.1, -0.05) is 12.1 Å². The summed E-state index contributed by atoms with van der Waals surface area (Å²) in [5.74, 6) is 6.49. The summed E-state index contributed by atoms with van der Waals surface area (Å²) in [5.41, 5.74) is 6.09. The van der Waals surface area contributed by atoms with Gasteiger partial charge in [-0.2, -0.15) is 0 Å². The molecule has 0 radical (unpaired) electrons. The Balaban J connectivity index is 2.17. The fraction of sp³-hybridized carbons (Fsp3) is 0.267. The molecule has 2 rings (SSSR count). The Morgan fingerprint density at radius 2 is 2.15 bits per heavy atom. The van der Waals surface area contributed by atoms with Gasteiger partial charge in [0.05, 0.1) is 17.6 Å². The highest BCUT2D eigenvalue weighted by Gasteiger charge is 2.12. The van der Waals surface area contributed by atoms with E-state index in [0.717, 1.165) is 27.9 Å². The molecule has 0 fully saturated rings. The Bertz CT molecular complexity index is 572. The van der Waals surface area contributed by atoms with E-state index in [2.05, 4.69) is 26.3 Å². The van der Waals surface area contributed by atoms with Crippen molar-refractivity contribution in [3.05, 3.63) is 57.8 Å². The van der Waals surface area contributed by atoms with Crippen molar-refractivity contribution in [3.63, 3.8) is 0 Å². The van der Waals surface area contributed by atoms with E-state index in [4.69, 9.17) is 10.6 Å². The van der Waals surface area contributed by atoms with Gasteiger partial charge in [-0.25, -0.2) is 0 Å². The smallest absolute Gasteiger partial charge is 0.133 e. The van der Waals surface area contributed by atoms with Crippen LogP contribution < -0.4 is 16.0 Å². The van der Waals surface area contributed by atoms with Gasteiger partial charge in [-0.15, -0.1) is 0 Å². The average molecular weight is 336 g/mol. The van der Waals surface area contributed by atoms with Gasteiger partial charge in [0.2, 0.25) is 0 Å². The first-order valence-electron chi connectivity index (χ1n) is 6.35. The lowest BCUT2D eigenvalue weighted by molar-refractivity contribution is 0.412. The Hall–Kier alpha value is -1.43. The third kappa shape index (κ3) is 3.56. The summed E-state index contributed by atoms with van der Waals surface area (Å²) >= 11 is 3.50. The molecule has 1 unspecified atom stereocenters. The molecule has 20 heavy (non-hydrogen) atoms. The highest BCUT2D eigenvalue weighted by atomic mass is 79.9. The first-order valence-corrected chi connectivity index (χ1v) is 7.14. The van der Waals surface area contributed by atoms with E-state index >= 15 is 0 Å². The standard InChI is InChI=1S/C15H18BrN3O/c1-10-3-5-12(9-18-10)14(19-17)8-11-4-6-15(20-2)13(16)7-11/h3-7,9,14,19H,8,17H2,1-2H3. The fourth-order valence-corrected chi connectivity index (χ4v) is 2.62. The van der Waals surface area contributed by atoms with Gasteiger partial charge in [-0.3, -0.25) is 16.3 Å². The van der Waals surface area contributed by atoms with E-state index in [9.17, 15) is 0 Å². The molecule has 0 saturated carbocycles. The molecule has 1 heterocycles. The normalized spacial score (nSPS) is 12.2. The zero-order valence-corrected chi connectivity index (χ0v) is 13.1. The maximum atomic E-state index is 5.67. The van der Waals surface area contributed by atoms with Crippen LogP contribution in [0, 0.1) is 6.92 Å². The van der Waals surface area contributed by atoms with E-state index in [1.165, 1.54) is 5.56 Å². The number of ether oxygens (including phenoxy) is 1. The minimum atomic E-state index is 0.0309. The second kappa shape index (κ2) is 6.83. The van der Waals surface area contributed by atoms with Crippen LogP contribution in [0.5, 0.6) is 5.75 Å². The molecule has 0 saturated heterocycles. The van der Waals surface area contributed by atoms with Crippen molar-refractivity contribution in [1.29, 1.82) is 0 Å². The summed E-state index contributed by atoms with van der Waals surface area (Å²) < 4.78 is 6.17. The third-order valence-corrected chi connectivity index (χ3v) is 3.81. The van der Waals surface area contributed by atoms with Gasteiger partial charge in [0.25, 0.3) is 0 Å². The number of hydrogen-bond donors (Lipinski definition) is 2. The van der Waals surface area contributed by atoms with Crippen LogP contribution in [-0.4, -0.2) is 12.1 Å². The second-order valence-corrected chi connectivity index (χ2v) is 5.48. The molecule has 2 aromatic rings. The zero-order valence-electron chi connectivity index (χ0n) is 11.6. The first-order chi connectivity index (χ1) is 9.63. The molecule has 1 aromatic heterocycles. The van der Waals surface area contributed by atoms with E-state index in [1.54, 1.807) is 7.11 Å². The minimum absolute atomic E-state index is 0.0309. The maximum Gasteiger partial charge on any atom is 0.133 e. The molecule has 1 aromatic carbocycles. The molecule has 0 aliphatic carbocycles. The van der Waals surface area contributed by atoms with Crippen molar-refractivity contribution in [2.75, 3.05) is 7.11 Å². The van der Waals surface area contributed by atoms with Crippen LogP contribution in [0.25, 0.3) is 0 Å². The first kappa shape index (κ1) is 15.0. The summed E-state index contributed by atoms with van der Waals surface area (Å²) in [5, 5.41) is 0. The van der Waals surface area contributed by atoms with E-state index in [-0.39, 0.29) is 6.04 Å². The number of aromatic nitrogens is 1. The lowest BCUT2D eigenvalue weighted by Gasteiger charge is -2.17. The molecular formula is C15H18BrN3O. The number of hydrogen-bond acceptors (Lipinski definition) is 4. The molecule has 106 valence electrons. The predicted octanol–water partition coefficient (Wildman–Crippen LogP) is 2.91. The number of benzene rings is 1. The van der Waals surface area contributed by atoms with E-state index in [1.807, 2.05) is 43.5 Å². The summed E-state index contributed by atoms with van der Waals surface area (Å²) in [6.07, 6.45) is 2.64. The molecule has 1 atom stereocenters. The molecule has 0 bridgehead atoms. The van der Waals surface area contributed by atoms with Crippen molar-refractivity contribution < 1.29 is 4.74 Å². The Morgan fingerprint density at radius 1 is 1.35 bits per heavy atom. The number of methoxy groups -OCH3 is 1. The van der Waals surface area contributed by atoms with Crippen LogP contribution in [0.15, 0.2) is 41.0 Å². The summed E-state index contributed by atoms with van der Waals surface area (Å²) in [7, 11) is 1.65. The molecule has 4 nitrogen and oxygen atoms in total. The minimum Gasteiger partial charge on any atom is -0.496 e. The van der Waals surface area contributed by atoms with E-state index < -0.39 is 0 Å². The largest absolute Gasteiger partial charge is 0.496 e.